The smallest absolute Gasteiger partial charge is 0.0116 e. The van der Waals surface area contributed by atoms with Gasteiger partial charge in [0.2, 0.25) is 0 Å². The van der Waals surface area contributed by atoms with Crippen molar-refractivity contribution in [3.8, 4) is 0 Å². The Hall–Kier alpha value is -0.0400. The Morgan fingerprint density at radius 3 is 1.53 bits per heavy atom. The largest absolute Gasteiger partial charge is 0.327 e. The zero-order valence-electron chi connectivity index (χ0n) is 14.3. The predicted octanol–water partition coefficient (Wildman–Crippen LogP) is 5.92. The Bertz CT molecular complexity index is 186. The fourth-order valence-corrected chi connectivity index (χ4v) is 3.17. The summed E-state index contributed by atoms with van der Waals surface area (Å²) in [6, 6.07) is 0.357. The summed E-state index contributed by atoms with van der Waals surface area (Å²) in [4.78, 5) is 0. The van der Waals surface area contributed by atoms with Crippen LogP contribution < -0.4 is 5.73 Å². The molecule has 0 aliphatic rings. The van der Waals surface area contributed by atoms with Crippen molar-refractivity contribution in [2.75, 3.05) is 0 Å². The van der Waals surface area contributed by atoms with Crippen LogP contribution in [0.1, 0.15) is 98.8 Å². The van der Waals surface area contributed by atoms with Crippen molar-refractivity contribution in [3.05, 3.63) is 0 Å². The summed E-state index contributed by atoms with van der Waals surface area (Å²) in [5.41, 5.74) is 6.88. The Labute approximate surface area is 122 Å². The Balaban J connectivity index is 4.27. The third-order valence-electron chi connectivity index (χ3n) is 4.73. The lowest BCUT2D eigenvalue weighted by molar-refractivity contribution is 0.163. The van der Waals surface area contributed by atoms with Crippen molar-refractivity contribution in [1.29, 1.82) is 0 Å². The van der Waals surface area contributed by atoms with Crippen LogP contribution in [0.2, 0.25) is 0 Å². The molecule has 0 aromatic carbocycles. The van der Waals surface area contributed by atoms with Gasteiger partial charge in [0.1, 0.15) is 0 Å². The van der Waals surface area contributed by atoms with Crippen LogP contribution in [0.15, 0.2) is 0 Å². The molecule has 0 aliphatic carbocycles. The summed E-state index contributed by atoms with van der Waals surface area (Å²) < 4.78 is 0. The molecule has 2 N–H and O–H groups in total. The van der Waals surface area contributed by atoms with Gasteiger partial charge in [0, 0.05) is 6.04 Å². The van der Waals surface area contributed by atoms with Crippen LogP contribution in [0.5, 0.6) is 0 Å². The van der Waals surface area contributed by atoms with Gasteiger partial charge in [-0.2, -0.15) is 0 Å². The molecule has 0 rings (SSSR count). The van der Waals surface area contributed by atoms with Crippen LogP contribution in [0.3, 0.4) is 0 Å². The number of nitrogens with two attached hydrogens (primary N) is 1. The number of unbranched alkanes of at least 4 members (excludes halogenated alkanes) is 6. The normalized spacial score (nSPS) is 14.1. The van der Waals surface area contributed by atoms with E-state index in [1.807, 2.05) is 0 Å². The van der Waals surface area contributed by atoms with Crippen molar-refractivity contribution >= 4 is 0 Å². The van der Waals surface area contributed by atoms with Crippen LogP contribution in [0.4, 0.5) is 0 Å². The molecule has 116 valence electrons. The first-order valence-corrected chi connectivity index (χ1v) is 8.73. The summed E-state index contributed by atoms with van der Waals surface area (Å²) in [5, 5.41) is 0. The van der Waals surface area contributed by atoms with Gasteiger partial charge in [0.15, 0.2) is 0 Å². The summed E-state index contributed by atoms with van der Waals surface area (Å²) in [7, 11) is 0. The molecule has 1 atom stereocenters. The number of rotatable bonds is 12. The second kappa shape index (κ2) is 10.7. The molecule has 0 bridgehead atoms. The monoisotopic (exact) mass is 269 g/mol. The fourth-order valence-electron chi connectivity index (χ4n) is 3.17. The first-order chi connectivity index (χ1) is 8.98. The van der Waals surface area contributed by atoms with Gasteiger partial charge in [-0.25, -0.2) is 0 Å². The molecule has 0 saturated carbocycles. The first-order valence-electron chi connectivity index (χ1n) is 8.73. The Morgan fingerprint density at radius 2 is 1.21 bits per heavy atom. The Kier molecular flexibility index (Phi) is 10.7. The van der Waals surface area contributed by atoms with Gasteiger partial charge < -0.3 is 5.73 Å². The summed E-state index contributed by atoms with van der Waals surface area (Å²) in [6.07, 6.45) is 13.5. The molecule has 1 nitrogen and oxygen atoms in total. The van der Waals surface area contributed by atoms with E-state index in [1.165, 1.54) is 64.2 Å². The summed E-state index contributed by atoms with van der Waals surface area (Å²) >= 11 is 0. The van der Waals surface area contributed by atoms with E-state index in [9.17, 15) is 0 Å². The van der Waals surface area contributed by atoms with Crippen LogP contribution in [0, 0.1) is 11.3 Å². The van der Waals surface area contributed by atoms with E-state index in [1.54, 1.807) is 0 Å². The van der Waals surface area contributed by atoms with Crippen molar-refractivity contribution in [2.45, 2.75) is 105 Å². The van der Waals surface area contributed by atoms with Crippen LogP contribution in [0.25, 0.3) is 0 Å². The van der Waals surface area contributed by atoms with Crippen molar-refractivity contribution in [3.63, 3.8) is 0 Å². The molecule has 19 heavy (non-hydrogen) atoms. The van der Waals surface area contributed by atoms with E-state index < -0.39 is 0 Å². The molecule has 0 saturated heterocycles. The molecule has 0 heterocycles. The van der Waals surface area contributed by atoms with Crippen molar-refractivity contribution in [2.24, 2.45) is 17.1 Å². The van der Waals surface area contributed by atoms with E-state index in [-0.39, 0.29) is 0 Å². The van der Waals surface area contributed by atoms with E-state index in [2.05, 4.69) is 34.6 Å². The summed E-state index contributed by atoms with van der Waals surface area (Å²) in [6.45, 7) is 11.6. The van der Waals surface area contributed by atoms with Gasteiger partial charge >= 0.3 is 0 Å². The lowest BCUT2D eigenvalue weighted by Crippen LogP contribution is -2.43. The summed E-state index contributed by atoms with van der Waals surface area (Å²) in [5.74, 6) is 0.599. The SMILES string of the molecule is CCCCCCC(C)(CCCCCC)[C@@H](N)C(C)C. The fraction of sp³-hybridized carbons (Fsp3) is 1.00. The van der Waals surface area contributed by atoms with Gasteiger partial charge in [0.25, 0.3) is 0 Å². The second-order valence-electron chi connectivity index (χ2n) is 7.05. The van der Waals surface area contributed by atoms with E-state index in [0.29, 0.717) is 17.4 Å². The molecule has 0 aromatic heterocycles. The molecule has 0 aromatic rings. The molecule has 0 amide bonds. The quantitative estimate of drug-likeness (QED) is 0.437. The number of hydrogen-bond acceptors (Lipinski definition) is 1. The highest BCUT2D eigenvalue weighted by atomic mass is 14.7. The second-order valence-corrected chi connectivity index (χ2v) is 7.05. The zero-order chi connectivity index (χ0) is 14.7. The number of hydrogen-bond donors (Lipinski definition) is 1. The minimum atomic E-state index is 0.357. The molecule has 0 radical (unpaired) electrons. The van der Waals surface area contributed by atoms with E-state index in [4.69, 9.17) is 5.73 Å². The van der Waals surface area contributed by atoms with Gasteiger partial charge in [-0.05, 0) is 24.2 Å². The first kappa shape index (κ1) is 19.0. The van der Waals surface area contributed by atoms with E-state index >= 15 is 0 Å². The molecule has 0 unspecified atom stereocenters. The molecule has 0 aliphatic heterocycles. The van der Waals surface area contributed by atoms with Gasteiger partial charge in [0.05, 0.1) is 0 Å². The van der Waals surface area contributed by atoms with Crippen LogP contribution in [-0.4, -0.2) is 6.04 Å². The third kappa shape index (κ3) is 7.97. The predicted molar refractivity (Wildman–Crippen MR) is 88.4 cm³/mol. The minimum Gasteiger partial charge on any atom is -0.327 e. The standard InChI is InChI=1S/C18H39N/c1-6-8-10-12-14-18(5,17(19)16(3)4)15-13-11-9-7-2/h16-17H,6-15,19H2,1-5H3/t17-/m0/s1. The van der Waals surface area contributed by atoms with Gasteiger partial charge in [-0.15, -0.1) is 0 Å². The highest BCUT2D eigenvalue weighted by molar-refractivity contribution is 4.87. The molecule has 0 spiro atoms. The average Bonchev–Trinajstić information content (AvgIpc) is 2.39. The van der Waals surface area contributed by atoms with E-state index in [0.717, 1.165) is 0 Å². The van der Waals surface area contributed by atoms with Crippen molar-refractivity contribution in [1.82, 2.24) is 0 Å². The Morgan fingerprint density at radius 1 is 0.789 bits per heavy atom. The molecule has 1 heteroatoms. The average molecular weight is 270 g/mol. The maximum Gasteiger partial charge on any atom is 0.0116 e. The highest BCUT2D eigenvalue weighted by Gasteiger charge is 2.32. The lowest BCUT2D eigenvalue weighted by Gasteiger charge is -2.38. The van der Waals surface area contributed by atoms with Gasteiger partial charge in [-0.3, -0.25) is 0 Å². The maximum absolute atomic E-state index is 6.52. The minimum absolute atomic E-state index is 0.357. The zero-order valence-corrected chi connectivity index (χ0v) is 14.3. The van der Waals surface area contributed by atoms with Crippen LogP contribution in [-0.2, 0) is 0 Å². The molecular formula is C18H39N. The van der Waals surface area contributed by atoms with Gasteiger partial charge in [-0.1, -0.05) is 86.0 Å². The molecule has 0 fully saturated rings. The lowest BCUT2D eigenvalue weighted by atomic mass is 9.70. The van der Waals surface area contributed by atoms with Crippen LogP contribution >= 0.6 is 0 Å². The topological polar surface area (TPSA) is 26.0 Å². The highest BCUT2D eigenvalue weighted by Crippen LogP contribution is 2.36. The molecular weight excluding hydrogens is 230 g/mol. The van der Waals surface area contributed by atoms with Crippen molar-refractivity contribution < 1.29 is 0 Å². The maximum atomic E-state index is 6.52. The third-order valence-corrected chi connectivity index (χ3v) is 4.73.